The van der Waals surface area contributed by atoms with Gasteiger partial charge in [0.25, 0.3) is 0 Å². The van der Waals surface area contributed by atoms with Crippen LogP contribution in [0.2, 0.25) is 0 Å². The summed E-state index contributed by atoms with van der Waals surface area (Å²) in [5.41, 5.74) is 1.45. The molecule has 0 saturated heterocycles. The first-order chi connectivity index (χ1) is 9.26. The van der Waals surface area contributed by atoms with Gasteiger partial charge in [-0.25, -0.2) is 4.98 Å². The Labute approximate surface area is 111 Å². The Morgan fingerprint density at radius 2 is 2.16 bits per heavy atom. The van der Waals surface area contributed by atoms with Crippen LogP contribution in [0.15, 0.2) is 30.3 Å². The number of nitrogens with zero attached hydrogens (tertiary/aromatic N) is 2. The molecule has 0 amide bonds. The molecule has 1 aromatic carbocycles. The minimum Gasteiger partial charge on any atom is -0.393 e. The first-order valence-corrected chi connectivity index (χ1v) is 6.48. The Balaban J connectivity index is 1.83. The van der Waals surface area contributed by atoms with Gasteiger partial charge in [-0.2, -0.15) is 5.26 Å². The van der Waals surface area contributed by atoms with E-state index in [9.17, 15) is 10.4 Å². The van der Waals surface area contributed by atoms with Gasteiger partial charge in [0.05, 0.1) is 17.2 Å². The number of aromatic nitrogens is 1. The normalized spacial score (nSPS) is 21.7. The first kappa shape index (κ1) is 11.9. The Kier molecular flexibility index (Phi) is 3.06. The van der Waals surface area contributed by atoms with Gasteiger partial charge in [0.2, 0.25) is 0 Å². The van der Waals surface area contributed by atoms with Crippen LogP contribution >= 0.6 is 0 Å². The summed E-state index contributed by atoms with van der Waals surface area (Å²) >= 11 is 0. The van der Waals surface area contributed by atoms with Crippen molar-refractivity contribution in [2.45, 2.75) is 18.9 Å². The summed E-state index contributed by atoms with van der Waals surface area (Å²) in [5, 5.41) is 22.7. The average molecular weight is 253 g/mol. The van der Waals surface area contributed by atoms with Crippen LogP contribution in [0.4, 0.5) is 5.82 Å². The van der Waals surface area contributed by atoms with Crippen molar-refractivity contribution < 1.29 is 5.11 Å². The lowest BCUT2D eigenvalue weighted by Gasteiger charge is -2.31. The third-order valence-electron chi connectivity index (χ3n) is 3.61. The quantitative estimate of drug-likeness (QED) is 0.880. The molecule has 3 rings (SSSR count). The molecule has 1 aliphatic rings. The van der Waals surface area contributed by atoms with E-state index >= 15 is 0 Å². The molecular formula is C15H15N3O. The van der Waals surface area contributed by atoms with Gasteiger partial charge in [-0.1, -0.05) is 18.2 Å². The molecule has 1 aromatic heterocycles. The number of rotatable bonds is 3. The average Bonchev–Trinajstić information content (AvgIpc) is 2.41. The molecule has 0 unspecified atom stereocenters. The lowest BCUT2D eigenvalue weighted by atomic mass is 9.82. The molecule has 4 nitrogen and oxygen atoms in total. The Bertz CT molecular complexity index is 641. The van der Waals surface area contributed by atoms with E-state index in [1.54, 1.807) is 0 Å². The number of nitrogens with one attached hydrogen (secondary N) is 1. The van der Waals surface area contributed by atoms with E-state index in [4.69, 9.17) is 0 Å². The summed E-state index contributed by atoms with van der Waals surface area (Å²) in [4.78, 5) is 4.50. The van der Waals surface area contributed by atoms with E-state index < -0.39 is 0 Å². The van der Waals surface area contributed by atoms with Crippen LogP contribution in [0, 0.1) is 17.2 Å². The van der Waals surface area contributed by atoms with E-state index in [1.807, 2.05) is 30.3 Å². The molecule has 0 radical (unpaired) electrons. The van der Waals surface area contributed by atoms with Gasteiger partial charge in [0, 0.05) is 11.9 Å². The SMILES string of the molecule is N#Cc1cc2ccccc2nc1NCC1CC(O)C1. The maximum Gasteiger partial charge on any atom is 0.144 e. The van der Waals surface area contributed by atoms with Crippen LogP contribution < -0.4 is 5.32 Å². The smallest absolute Gasteiger partial charge is 0.144 e. The number of hydrogen-bond acceptors (Lipinski definition) is 4. The second-order valence-electron chi connectivity index (χ2n) is 5.06. The summed E-state index contributed by atoms with van der Waals surface area (Å²) in [6.45, 7) is 0.761. The molecule has 2 N–H and O–H groups in total. The standard InChI is InChI=1S/C15H15N3O/c16-8-12-7-11-3-1-2-4-14(11)18-15(12)17-9-10-5-13(19)6-10/h1-4,7,10,13,19H,5-6,9H2,(H,17,18). The number of hydrogen-bond donors (Lipinski definition) is 2. The molecule has 0 spiro atoms. The molecule has 19 heavy (non-hydrogen) atoms. The highest BCUT2D eigenvalue weighted by Crippen LogP contribution is 2.28. The highest BCUT2D eigenvalue weighted by atomic mass is 16.3. The molecule has 1 fully saturated rings. The molecule has 0 aliphatic heterocycles. The van der Waals surface area contributed by atoms with Crippen LogP contribution in [0.1, 0.15) is 18.4 Å². The van der Waals surface area contributed by atoms with Gasteiger partial charge in [0.1, 0.15) is 11.9 Å². The third-order valence-corrected chi connectivity index (χ3v) is 3.61. The van der Waals surface area contributed by atoms with Crippen LogP contribution in [-0.4, -0.2) is 22.7 Å². The fourth-order valence-corrected chi connectivity index (χ4v) is 2.44. The summed E-state index contributed by atoms with van der Waals surface area (Å²) in [6, 6.07) is 11.8. The van der Waals surface area contributed by atoms with E-state index in [0.717, 1.165) is 30.3 Å². The number of aliphatic hydroxyl groups excluding tert-OH is 1. The molecule has 0 bridgehead atoms. The van der Waals surface area contributed by atoms with Gasteiger partial charge in [0.15, 0.2) is 0 Å². The zero-order valence-electron chi connectivity index (χ0n) is 10.5. The number of aliphatic hydroxyl groups is 1. The van der Waals surface area contributed by atoms with Crippen molar-refractivity contribution in [3.05, 3.63) is 35.9 Å². The second kappa shape index (κ2) is 4.87. The number of anilines is 1. The largest absolute Gasteiger partial charge is 0.393 e. The van der Waals surface area contributed by atoms with Crippen molar-refractivity contribution >= 4 is 16.7 Å². The van der Waals surface area contributed by atoms with E-state index in [2.05, 4.69) is 16.4 Å². The molecule has 1 saturated carbocycles. The van der Waals surface area contributed by atoms with Crippen LogP contribution in [-0.2, 0) is 0 Å². The van der Waals surface area contributed by atoms with Gasteiger partial charge < -0.3 is 10.4 Å². The topological polar surface area (TPSA) is 68.9 Å². The van der Waals surface area contributed by atoms with E-state index in [-0.39, 0.29) is 6.10 Å². The number of pyridine rings is 1. The highest BCUT2D eigenvalue weighted by Gasteiger charge is 2.26. The van der Waals surface area contributed by atoms with Gasteiger partial charge in [-0.05, 0) is 30.9 Å². The lowest BCUT2D eigenvalue weighted by molar-refractivity contribution is 0.0486. The van der Waals surface area contributed by atoms with E-state index in [1.165, 1.54) is 0 Å². The number of fused-ring (bicyclic) bond motifs is 1. The predicted octanol–water partition coefficient (Wildman–Crippen LogP) is 2.29. The van der Waals surface area contributed by atoms with Crippen molar-refractivity contribution in [2.75, 3.05) is 11.9 Å². The summed E-state index contributed by atoms with van der Waals surface area (Å²) in [6.07, 6.45) is 1.53. The van der Waals surface area contributed by atoms with Crippen molar-refractivity contribution in [2.24, 2.45) is 5.92 Å². The molecule has 4 heteroatoms. The number of nitriles is 1. The molecule has 96 valence electrons. The van der Waals surface area contributed by atoms with Crippen LogP contribution in [0.5, 0.6) is 0 Å². The van der Waals surface area contributed by atoms with Gasteiger partial charge in [-0.15, -0.1) is 0 Å². The monoisotopic (exact) mass is 253 g/mol. The third kappa shape index (κ3) is 2.38. The minimum absolute atomic E-state index is 0.146. The lowest BCUT2D eigenvalue weighted by Crippen LogP contribution is -2.33. The second-order valence-corrected chi connectivity index (χ2v) is 5.06. The fourth-order valence-electron chi connectivity index (χ4n) is 2.44. The summed E-state index contributed by atoms with van der Waals surface area (Å²) in [5.74, 6) is 1.12. The molecular weight excluding hydrogens is 238 g/mol. The van der Waals surface area contributed by atoms with E-state index in [0.29, 0.717) is 17.3 Å². The summed E-state index contributed by atoms with van der Waals surface area (Å²) < 4.78 is 0. The van der Waals surface area contributed by atoms with Crippen molar-refractivity contribution in [1.82, 2.24) is 4.98 Å². The maximum atomic E-state index is 9.26. The molecule has 0 atom stereocenters. The zero-order chi connectivity index (χ0) is 13.2. The predicted molar refractivity (Wildman–Crippen MR) is 73.7 cm³/mol. The molecule has 1 aliphatic carbocycles. The number of para-hydroxylation sites is 1. The number of benzene rings is 1. The Morgan fingerprint density at radius 3 is 2.89 bits per heavy atom. The first-order valence-electron chi connectivity index (χ1n) is 6.48. The van der Waals surface area contributed by atoms with Crippen LogP contribution in [0.3, 0.4) is 0 Å². The van der Waals surface area contributed by atoms with Crippen molar-refractivity contribution in [1.29, 1.82) is 5.26 Å². The Morgan fingerprint density at radius 1 is 1.37 bits per heavy atom. The molecule has 1 heterocycles. The summed E-state index contributed by atoms with van der Waals surface area (Å²) in [7, 11) is 0. The zero-order valence-corrected chi connectivity index (χ0v) is 10.5. The fraction of sp³-hybridized carbons (Fsp3) is 0.333. The van der Waals surface area contributed by atoms with Gasteiger partial charge >= 0.3 is 0 Å². The highest BCUT2D eigenvalue weighted by molar-refractivity contribution is 5.82. The minimum atomic E-state index is -0.146. The van der Waals surface area contributed by atoms with Crippen molar-refractivity contribution in [3.63, 3.8) is 0 Å². The van der Waals surface area contributed by atoms with Crippen LogP contribution in [0.25, 0.3) is 10.9 Å². The maximum absolute atomic E-state index is 9.26. The Hall–Kier alpha value is -2.12. The van der Waals surface area contributed by atoms with Gasteiger partial charge in [-0.3, -0.25) is 0 Å². The molecule has 2 aromatic rings. The van der Waals surface area contributed by atoms with Crippen molar-refractivity contribution in [3.8, 4) is 6.07 Å².